The van der Waals surface area contributed by atoms with E-state index in [1.807, 2.05) is 96.1 Å². The van der Waals surface area contributed by atoms with E-state index in [4.69, 9.17) is 49.0 Å². The number of rotatable bonds is 24. The van der Waals surface area contributed by atoms with Crippen LogP contribution >= 0.6 is 0 Å². The van der Waals surface area contributed by atoms with Gasteiger partial charge in [0.2, 0.25) is 11.8 Å². The largest absolute Gasteiger partial charge is 0.508 e. The Balaban J connectivity index is 0.00000146. The van der Waals surface area contributed by atoms with Crippen LogP contribution in [0.15, 0.2) is 97.1 Å². The van der Waals surface area contributed by atoms with Gasteiger partial charge in [-0.05, 0) is 144 Å². The lowest BCUT2D eigenvalue weighted by molar-refractivity contribution is -0.193. The Morgan fingerprint density at radius 2 is 0.842 bits per heavy atom. The summed E-state index contributed by atoms with van der Waals surface area (Å²) in [6, 6.07) is 26.3. The number of carboxylic acid groups (broad SMARTS) is 1. The monoisotopic (exact) mass is 1330 g/mol. The minimum atomic E-state index is -1.16. The average Bonchev–Trinajstić information content (AvgIpc) is 0.932. The van der Waals surface area contributed by atoms with Crippen LogP contribution in [0.1, 0.15) is 151 Å². The van der Waals surface area contributed by atoms with Gasteiger partial charge in [0.25, 0.3) is 0 Å². The predicted octanol–water partition coefficient (Wildman–Crippen LogP) is 9.26. The van der Waals surface area contributed by atoms with Gasteiger partial charge in [-0.1, -0.05) is 134 Å². The number of nitrogen functional groups attached to an aromatic ring is 1. The topological polar surface area (TPSA) is 401 Å². The van der Waals surface area contributed by atoms with Crippen LogP contribution in [0.2, 0.25) is 0 Å². The van der Waals surface area contributed by atoms with Crippen molar-refractivity contribution in [2.24, 2.45) is 22.7 Å². The summed E-state index contributed by atoms with van der Waals surface area (Å²) < 4.78 is 20.9. The minimum absolute atomic E-state index is 0.0281. The number of benzene rings is 4. The summed E-state index contributed by atoms with van der Waals surface area (Å²) in [5.41, 5.74) is 8.99. The van der Waals surface area contributed by atoms with Crippen LogP contribution in [0.25, 0.3) is 0 Å². The Bertz CT molecular complexity index is 3110. The number of nitrogens with two attached hydrogens (primary N) is 1. The molecule has 0 spiro atoms. The first-order valence-electron chi connectivity index (χ1n) is 30.6. The molecule has 524 valence electrons. The van der Waals surface area contributed by atoms with Crippen molar-refractivity contribution in [1.29, 1.82) is 0 Å². The zero-order valence-corrected chi connectivity index (χ0v) is 57.5. The Labute approximate surface area is 556 Å². The molecule has 0 heterocycles. The molecule has 6 amide bonds. The fraction of sp³-hybridized carbons (Fsp3) is 0.507. The number of aromatic hydroxyl groups is 2. The number of ether oxygens (including phenoxy) is 4. The highest BCUT2D eigenvalue weighted by Gasteiger charge is 2.29. The van der Waals surface area contributed by atoms with E-state index in [-0.39, 0.29) is 84.6 Å². The van der Waals surface area contributed by atoms with Crippen molar-refractivity contribution in [3.63, 3.8) is 0 Å². The quantitative estimate of drug-likeness (QED) is 0.0177. The predicted molar refractivity (Wildman–Crippen MR) is 352 cm³/mol. The number of amides is 6. The van der Waals surface area contributed by atoms with Crippen molar-refractivity contribution >= 4 is 65.9 Å². The molecule has 26 nitrogen and oxygen atoms in total. The fourth-order valence-electron chi connectivity index (χ4n) is 8.05. The zero-order valence-electron chi connectivity index (χ0n) is 57.5. The number of aliphatic carboxylic acids is 1. The molecule has 4 rings (SSSR count). The zero-order chi connectivity index (χ0) is 72.9. The van der Waals surface area contributed by atoms with Crippen molar-refractivity contribution in [1.82, 2.24) is 31.9 Å². The molecule has 0 saturated carbocycles. The molecule has 6 atom stereocenters. The second kappa shape index (κ2) is 42.4. The molecule has 26 heteroatoms. The number of hydrogen-bond acceptors (Lipinski definition) is 19. The standard InChI is InChI=1S/C34H49N3O7.C20H34N2O3.C13H16N2O5.2CO2/c1-22(33(3,4)5)16-27(37-32(42)44-34(6,7)8)18-25-14-15-29(39)26(17-25)19-28(38)20-35-30(40)23(2)36-31(41)43-21-24-12-10-9-11-13-24;1-13(19(2,3)4)10-15(22-18(24)25-20(5,6)7)11-14-8-9-17(23)16(21)12-14;1-9(12(18)14-7-11(16)17)15-13(19)20-8-10-5-3-2-4-6-10;2*2-1-3/h9-15,17,22-23,27,39H,16,18-21H2,1-8H3,(H,35,40)(H,36,41)(H,37,42);8-9,12-13,15,23H,10-11,21H2,1-7H3,(H,22,24);2-6,9H,7-8H2,1H3,(H,14,18)(H,15,19)(H,16,17);;/t22?,23?,27-;13?,15-;;;/m11.../s1. The van der Waals surface area contributed by atoms with Crippen LogP contribution in [0.4, 0.5) is 24.9 Å². The van der Waals surface area contributed by atoms with Crippen LogP contribution in [0.5, 0.6) is 11.5 Å². The SMILES string of the molecule is CC(C[C@H](Cc1ccc(O)c(N)c1)NC(=O)OC(C)(C)C)C(C)(C)C.CC(NC(=O)OCc1ccccc1)C(=O)NCC(=O)Cc1cc(C[C@@H](CC(C)C(C)(C)C)NC(=O)OC(C)(C)C)ccc1O.CC(NC(=O)OCc1ccccc1)C(=O)NCC(=O)O.O=C=O.O=C=O. The molecule has 0 radical (unpaired) electrons. The van der Waals surface area contributed by atoms with E-state index >= 15 is 0 Å². The van der Waals surface area contributed by atoms with Gasteiger partial charge >= 0.3 is 42.6 Å². The van der Waals surface area contributed by atoms with E-state index in [1.54, 1.807) is 36.4 Å². The summed E-state index contributed by atoms with van der Waals surface area (Å²) in [5.74, 6) is -1.89. The van der Waals surface area contributed by atoms with E-state index in [0.717, 1.165) is 28.7 Å². The maximum absolute atomic E-state index is 12.7. The molecular weight excluding hydrogens is 1230 g/mol. The number of phenolic OH excluding ortho intramolecular Hbond substituents is 2. The molecule has 4 aromatic carbocycles. The van der Waals surface area contributed by atoms with Crippen LogP contribution in [-0.4, -0.2) is 124 Å². The first-order chi connectivity index (χ1) is 44.0. The van der Waals surface area contributed by atoms with E-state index in [0.29, 0.717) is 36.4 Å². The summed E-state index contributed by atoms with van der Waals surface area (Å²) >= 11 is 0. The van der Waals surface area contributed by atoms with Gasteiger partial charge in [0.15, 0.2) is 5.78 Å². The number of phenols is 2. The highest BCUT2D eigenvalue weighted by Crippen LogP contribution is 2.32. The molecule has 0 fully saturated rings. The molecule has 0 aliphatic carbocycles. The number of nitrogens with one attached hydrogen (secondary N) is 6. The van der Waals surface area contributed by atoms with Gasteiger partial charge < -0.3 is 71.9 Å². The third-order valence-corrected chi connectivity index (χ3v) is 14.0. The van der Waals surface area contributed by atoms with Gasteiger partial charge in [0, 0.05) is 24.1 Å². The Kier molecular flexibility index (Phi) is 38.1. The molecule has 0 aliphatic rings. The number of Topliss-reactive ketones (excluding diaryl/α,β-unsaturated/α-hetero) is 1. The molecule has 4 aromatic rings. The lowest BCUT2D eigenvalue weighted by atomic mass is 9.77. The number of carboxylic acids is 1. The lowest BCUT2D eigenvalue weighted by Crippen LogP contribution is -2.46. The third-order valence-electron chi connectivity index (χ3n) is 14.0. The maximum Gasteiger partial charge on any atom is 0.408 e. The summed E-state index contributed by atoms with van der Waals surface area (Å²) in [4.78, 5) is 128. The first kappa shape index (κ1) is 85.2. The molecule has 0 aliphatic heterocycles. The van der Waals surface area contributed by atoms with E-state index in [2.05, 4.69) is 87.3 Å². The van der Waals surface area contributed by atoms with E-state index in [9.17, 15) is 48.6 Å². The Morgan fingerprint density at radius 1 is 0.484 bits per heavy atom. The highest BCUT2D eigenvalue weighted by molar-refractivity contribution is 5.91. The third kappa shape index (κ3) is 40.7. The van der Waals surface area contributed by atoms with Crippen LogP contribution in [0.3, 0.4) is 0 Å². The molecule has 0 saturated heterocycles. The number of ketones is 1. The molecular formula is C69H99N7O19. The molecule has 11 N–H and O–H groups in total. The van der Waals surface area contributed by atoms with Gasteiger partial charge in [-0.25, -0.2) is 19.2 Å². The molecule has 95 heavy (non-hydrogen) atoms. The van der Waals surface area contributed by atoms with E-state index < -0.39 is 72.0 Å². The lowest BCUT2D eigenvalue weighted by Gasteiger charge is -2.32. The number of hydrogen-bond donors (Lipinski definition) is 10. The van der Waals surface area contributed by atoms with Crippen molar-refractivity contribution in [2.45, 2.75) is 191 Å². The molecule has 0 bridgehead atoms. The molecule has 0 aromatic heterocycles. The van der Waals surface area contributed by atoms with Crippen LogP contribution < -0.4 is 37.6 Å². The fourth-order valence-corrected chi connectivity index (χ4v) is 8.05. The Hall–Kier alpha value is -9.80. The van der Waals surface area contributed by atoms with Crippen LogP contribution in [-0.2, 0) is 89.8 Å². The van der Waals surface area contributed by atoms with Crippen LogP contribution in [0, 0.1) is 22.7 Å². The highest BCUT2D eigenvalue weighted by atomic mass is 16.6. The number of carbonyl (C=O) groups excluding carboxylic acids is 11. The van der Waals surface area contributed by atoms with Gasteiger partial charge in [0.05, 0.1) is 12.2 Å². The maximum atomic E-state index is 12.7. The first-order valence-corrected chi connectivity index (χ1v) is 30.6. The van der Waals surface area contributed by atoms with Crippen molar-refractivity contribution in [2.75, 3.05) is 18.8 Å². The van der Waals surface area contributed by atoms with Gasteiger partial charge in [-0.2, -0.15) is 19.2 Å². The normalized spacial score (nSPS) is 12.7. The average molecular weight is 1330 g/mol. The summed E-state index contributed by atoms with van der Waals surface area (Å²) in [6.07, 6.45) is 0.619. The van der Waals surface area contributed by atoms with E-state index in [1.165, 1.54) is 19.9 Å². The van der Waals surface area contributed by atoms with Crippen molar-refractivity contribution in [3.05, 3.63) is 125 Å². The van der Waals surface area contributed by atoms with Gasteiger partial charge in [-0.15, -0.1) is 0 Å². The number of carbonyl (C=O) groups is 8. The second-order valence-electron chi connectivity index (χ2n) is 26.5. The van der Waals surface area contributed by atoms with Crippen molar-refractivity contribution in [3.8, 4) is 11.5 Å². The summed E-state index contributed by atoms with van der Waals surface area (Å²) in [5, 5.41) is 43.9. The summed E-state index contributed by atoms with van der Waals surface area (Å²) in [6.45, 7) is 30.6. The van der Waals surface area contributed by atoms with Gasteiger partial charge in [-0.3, -0.25) is 19.2 Å². The number of alkyl carbamates (subject to hydrolysis) is 4. The smallest absolute Gasteiger partial charge is 0.408 e. The van der Waals surface area contributed by atoms with Gasteiger partial charge in [0.1, 0.15) is 54.5 Å². The summed E-state index contributed by atoms with van der Waals surface area (Å²) in [7, 11) is 0. The number of anilines is 1. The van der Waals surface area contributed by atoms with Crippen molar-refractivity contribution < 1.29 is 91.8 Å². The second-order valence-corrected chi connectivity index (χ2v) is 26.5. The Morgan fingerprint density at radius 3 is 1.19 bits per heavy atom. The molecule has 4 unspecified atom stereocenters. The minimum Gasteiger partial charge on any atom is -0.508 e.